The number of benzene rings is 1. The number of ether oxygens (including phenoxy) is 1. The van der Waals surface area contributed by atoms with E-state index in [-0.39, 0.29) is 10.9 Å². The molecule has 1 heterocycles. The molecule has 0 aliphatic carbocycles. The summed E-state index contributed by atoms with van der Waals surface area (Å²) in [4.78, 5) is 0.172. The minimum Gasteiger partial charge on any atom is -0.492 e. The van der Waals surface area contributed by atoms with E-state index in [0.29, 0.717) is 30.5 Å². The summed E-state index contributed by atoms with van der Waals surface area (Å²) < 4.78 is 33.0. The first-order chi connectivity index (χ1) is 9.86. The van der Waals surface area contributed by atoms with Crippen LogP contribution in [-0.2, 0) is 10.0 Å². The van der Waals surface area contributed by atoms with Gasteiger partial charge in [-0.25, -0.2) is 8.42 Å². The zero-order valence-corrected chi connectivity index (χ0v) is 13.7. The second kappa shape index (κ2) is 6.23. The fourth-order valence-corrected chi connectivity index (χ4v) is 4.66. The summed E-state index contributed by atoms with van der Waals surface area (Å²) in [6.07, 6.45) is 1.94. The van der Waals surface area contributed by atoms with Crippen molar-refractivity contribution in [1.29, 1.82) is 0 Å². The Labute approximate surface area is 127 Å². The molecule has 1 aromatic rings. The monoisotopic (exact) mass is 312 g/mol. The molecule has 1 fully saturated rings. The predicted molar refractivity (Wildman–Crippen MR) is 83.8 cm³/mol. The van der Waals surface area contributed by atoms with Crippen LogP contribution in [0.4, 0.5) is 5.69 Å². The van der Waals surface area contributed by atoms with Crippen molar-refractivity contribution < 1.29 is 13.2 Å². The van der Waals surface area contributed by atoms with Crippen LogP contribution in [0.25, 0.3) is 0 Å². The van der Waals surface area contributed by atoms with E-state index in [1.165, 1.54) is 6.07 Å². The van der Waals surface area contributed by atoms with Crippen molar-refractivity contribution in [2.45, 2.75) is 44.6 Å². The highest BCUT2D eigenvalue weighted by molar-refractivity contribution is 7.89. The van der Waals surface area contributed by atoms with E-state index < -0.39 is 10.0 Å². The van der Waals surface area contributed by atoms with Gasteiger partial charge in [0.05, 0.1) is 6.61 Å². The summed E-state index contributed by atoms with van der Waals surface area (Å²) in [5.74, 6) is 0.740. The minimum atomic E-state index is -3.59. The van der Waals surface area contributed by atoms with Crippen LogP contribution in [-0.4, -0.2) is 31.9 Å². The van der Waals surface area contributed by atoms with Crippen molar-refractivity contribution in [2.24, 2.45) is 5.92 Å². The molecular formula is C15H24N2O3S. The lowest BCUT2D eigenvalue weighted by Crippen LogP contribution is -2.44. The lowest BCUT2D eigenvalue weighted by Gasteiger charge is -2.35. The summed E-state index contributed by atoms with van der Waals surface area (Å²) in [7, 11) is -3.59. The standard InChI is InChI=1S/C15H24N2O3S/c1-4-20-14-8-7-13(16)9-15(14)21(18,19)17-10-11(2)5-6-12(17)3/h7-9,11-12H,4-6,10,16H2,1-3H3. The predicted octanol–water partition coefficient (Wildman–Crippen LogP) is 2.48. The molecule has 0 amide bonds. The maximum atomic E-state index is 13.0. The quantitative estimate of drug-likeness (QED) is 0.867. The van der Waals surface area contributed by atoms with Gasteiger partial charge in [-0.15, -0.1) is 0 Å². The van der Waals surface area contributed by atoms with Gasteiger partial charge in [0.25, 0.3) is 0 Å². The average Bonchev–Trinajstić information content (AvgIpc) is 2.43. The van der Waals surface area contributed by atoms with Crippen LogP contribution in [0.5, 0.6) is 5.75 Å². The molecule has 0 aromatic heterocycles. The number of nitrogen functional groups attached to an aromatic ring is 1. The number of sulfonamides is 1. The summed E-state index contributed by atoms with van der Waals surface area (Å²) in [6.45, 7) is 6.83. The van der Waals surface area contributed by atoms with E-state index >= 15 is 0 Å². The van der Waals surface area contributed by atoms with Crippen molar-refractivity contribution in [2.75, 3.05) is 18.9 Å². The second-order valence-electron chi connectivity index (χ2n) is 5.75. The molecule has 1 aromatic carbocycles. The minimum absolute atomic E-state index is 0.00195. The Kier molecular flexibility index (Phi) is 4.78. The van der Waals surface area contributed by atoms with E-state index in [0.717, 1.165) is 12.8 Å². The Bertz CT molecular complexity index is 601. The molecule has 2 atom stereocenters. The smallest absolute Gasteiger partial charge is 0.247 e. The topological polar surface area (TPSA) is 72.6 Å². The SMILES string of the molecule is CCOc1ccc(N)cc1S(=O)(=O)N1CC(C)CCC1C. The Morgan fingerprint density at radius 2 is 2.05 bits per heavy atom. The number of anilines is 1. The first-order valence-electron chi connectivity index (χ1n) is 7.40. The number of hydrogen-bond acceptors (Lipinski definition) is 4. The lowest BCUT2D eigenvalue weighted by atomic mass is 9.97. The third kappa shape index (κ3) is 3.32. The van der Waals surface area contributed by atoms with Gasteiger partial charge in [0.15, 0.2) is 0 Å². The normalized spacial score (nSPS) is 24.0. The van der Waals surface area contributed by atoms with E-state index in [1.807, 2.05) is 13.8 Å². The van der Waals surface area contributed by atoms with Gasteiger partial charge in [0.2, 0.25) is 10.0 Å². The fourth-order valence-electron chi connectivity index (χ4n) is 2.71. The van der Waals surface area contributed by atoms with Gasteiger partial charge in [0.1, 0.15) is 10.6 Å². The van der Waals surface area contributed by atoms with Crippen molar-refractivity contribution in [3.05, 3.63) is 18.2 Å². The summed E-state index contributed by atoms with van der Waals surface area (Å²) in [6, 6.07) is 4.78. The molecule has 2 N–H and O–H groups in total. The van der Waals surface area contributed by atoms with Crippen LogP contribution >= 0.6 is 0 Å². The van der Waals surface area contributed by atoms with E-state index in [1.54, 1.807) is 16.4 Å². The largest absolute Gasteiger partial charge is 0.492 e. The third-order valence-electron chi connectivity index (χ3n) is 3.91. The summed E-state index contributed by atoms with van der Waals surface area (Å²) in [5.41, 5.74) is 6.20. The number of hydrogen-bond donors (Lipinski definition) is 1. The molecule has 1 aliphatic heterocycles. The number of nitrogens with two attached hydrogens (primary N) is 1. The Balaban J connectivity index is 2.45. The van der Waals surface area contributed by atoms with Gasteiger partial charge in [0, 0.05) is 18.3 Å². The molecule has 0 spiro atoms. The van der Waals surface area contributed by atoms with E-state index in [4.69, 9.17) is 10.5 Å². The van der Waals surface area contributed by atoms with Gasteiger partial charge < -0.3 is 10.5 Å². The first kappa shape index (κ1) is 16.1. The first-order valence-corrected chi connectivity index (χ1v) is 8.84. The van der Waals surface area contributed by atoms with Gasteiger partial charge in [-0.05, 0) is 50.8 Å². The average molecular weight is 312 g/mol. The number of rotatable bonds is 4. The Morgan fingerprint density at radius 1 is 1.33 bits per heavy atom. The fraction of sp³-hybridized carbons (Fsp3) is 0.600. The lowest BCUT2D eigenvalue weighted by molar-refractivity contribution is 0.217. The Morgan fingerprint density at radius 3 is 2.71 bits per heavy atom. The highest BCUT2D eigenvalue weighted by atomic mass is 32.2. The zero-order chi connectivity index (χ0) is 15.6. The number of piperidine rings is 1. The third-order valence-corrected chi connectivity index (χ3v) is 5.92. The van der Waals surface area contributed by atoms with Crippen molar-refractivity contribution in [1.82, 2.24) is 4.31 Å². The molecular weight excluding hydrogens is 288 g/mol. The molecule has 6 heteroatoms. The van der Waals surface area contributed by atoms with Crippen LogP contribution in [0, 0.1) is 5.92 Å². The van der Waals surface area contributed by atoms with Gasteiger partial charge in [-0.3, -0.25) is 0 Å². The molecule has 0 radical (unpaired) electrons. The van der Waals surface area contributed by atoms with Gasteiger partial charge in [-0.1, -0.05) is 6.92 Å². The van der Waals surface area contributed by atoms with E-state index in [9.17, 15) is 8.42 Å². The van der Waals surface area contributed by atoms with Crippen LogP contribution in [0.15, 0.2) is 23.1 Å². The molecule has 2 rings (SSSR count). The van der Waals surface area contributed by atoms with Crippen LogP contribution < -0.4 is 10.5 Å². The molecule has 118 valence electrons. The van der Waals surface area contributed by atoms with Crippen molar-refractivity contribution >= 4 is 15.7 Å². The Hall–Kier alpha value is -1.27. The maximum absolute atomic E-state index is 13.0. The van der Waals surface area contributed by atoms with Gasteiger partial charge in [-0.2, -0.15) is 4.31 Å². The zero-order valence-electron chi connectivity index (χ0n) is 12.9. The second-order valence-corrected chi connectivity index (χ2v) is 7.60. The van der Waals surface area contributed by atoms with Crippen molar-refractivity contribution in [3.63, 3.8) is 0 Å². The molecule has 21 heavy (non-hydrogen) atoms. The highest BCUT2D eigenvalue weighted by Crippen LogP contribution is 2.33. The molecule has 1 saturated heterocycles. The van der Waals surface area contributed by atoms with Crippen LogP contribution in [0.2, 0.25) is 0 Å². The molecule has 0 bridgehead atoms. The molecule has 1 aliphatic rings. The van der Waals surface area contributed by atoms with E-state index in [2.05, 4.69) is 6.92 Å². The van der Waals surface area contributed by atoms with Crippen LogP contribution in [0.1, 0.15) is 33.6 Å². The maximum Gasteiger partial charge on any atom is 0.247 e. The summed E-state index contributed by atoms with van der Waals surface area (Å²) in [5, 5.41) is 0. The van der Waals surface area contributed by atoms with Crippen LogP contribution in [0.3, 0.4) is 0 Å². The van der Waals surface area contributed by atoms with Gasteiger partial charge >= 0.3 is 0 Å². The molecule has 5 nitrogen and oxygen atoms in total. The summed E-state index contributed by atoms with van der Waals surface area (Å²) >= 11 is 0. The van der Waals surface area contributed by atoms with Crippen molar-refractivity contribution in [3.8, 4) is 5.75 Å². The number of nitrogens with zero attached hydrogens (tertiary/aromatic N) is 1. The highest BCUT2D eigenvalue weighted by Gasteiger charge is 2.35. The molecule has 0 saturated carbocycles. The molecule has 2 unspecified atom stereocenters.